The van der Waals surface area contributed by atoms with Crippen LogP contribution in [0.3, 0.4) is 0 Å². The fraction of sp³-hybridized carbons (Fsp3) is 0.222. The van der Waals surface area contributed by atoms with E-state index in [4.69, 9.17) is 9.47 Å². The topological polar surface area (TPSA) is 87.4 Å². The van der Waals surface area contributed by atoms with Crippen LogP contribution in [0.5, 0.6) is 5.75 Å². The zero-order valence-electron chi connectivity index (χ0n) is 20.9. The predicted octanol–water partition coefficient (Wildman–Crippen LogP) is 5.09. The largest absolute Gasteiger partial charge is 0.494 e. The van der Waals surface area contributed by atoms with E-state index in [1.807, 2.05) is 37.6 Å². The maximum Gasteiger partial charge on any atom is 0.339 e. The highest BCUT2D eigenvalue weighted by molar-refractivity contribution is 5.90. The molecule has 2 aromatic heterocycles. The van der Waals surface area contributed by atoms with Gasteiger partial charge in [0.1, 0.15) is 17.3 Å². The first-order valence-electron chi connectivity index (χ1n) is 11.4. The second-order valence-corrected chi connectivity index (χ2v) is 7.63. The Morgan fingerprint density at radius 3 is 2.39 bits per heavy atom. The average Bonchev–Trinajstić information content (AvgIpc) is 3.34. The van der Waals surface area contributed by atoms with Gasteiger partial charge in [0.25, 0.3) is 5.56 Å². The Kier molecular flexibility index (Phi) is 8.61. The van der Waals surface area contributed by atoms with Gasteiger partial charge in [-0.25, -0.2) is 14.2 Å². The van der Waals surface area contributed by atoms with E-state index in [2.05, 4.69) is 10.3 Å². The molecule has 0 atom stereocenters. The standard InChI is InChI=1S/C25H23FN4O4.C2H6/c1-16-12-30(15-27-16)22-9-8-20(11-23(22)33-2)28-21-10-18(25(32)34-3)14-29(24(21)31)13-17-4-6-19(26)7-5-17;1-2/h4-12,14-15,28H,13H2,1-3H3;1-2H3. The number of nitrogens with zero attached hydrogens (tertiary/aromatic N) is 3. The molecular weight excluding hydrogens is 463 g/mol. The molecule has 188 valence electrons. The van der Waals surface area contributed by atoms with Gasteiger partial charge in [-0.05, 0) is 42.8 Å². The summed E-state index contributed by atoms with van der Waals surface area (Å²) in [4.78, 5) is 29.7. The number of aromatic nitrogens is 3. The van der Waals surface area contributed by atoms with Gasteiger partial charge in [0.05, 0.1) is 44.0 Å². The molecule has 0 saturated carbocycles. The number of aryl methyl sites for hydroxylation is 1. The van der Waals surface area contributed by atoms with Gasteiger partial charge in [-0.1, -0.05) is 26.0 Å². The molecule has 0 saturated heterocycles. The molecule has 0 fully saturated rings. The van der Waals surface area contributed by atoms with Crippen LogP contribution in [-0.4, -0.2) is 34.3 Å². The van der Waals surface area contributed by atoms with Crippen molar-refractivity contribution < 1.29 is 18.7 Å². The fourth-order valence-corrected chi connectivity index (χ4v) is 3.54. The molecule has 8 nitrogen and oxygen atoms in total. The molecule has 4 aromatic rings. The van der Waals surface area contributed by atoms with Crippen molar-refractivity contribution in [2.24, 2.45) is 0 Å². The average molecular weight is 493 g/mol. The van der Waals surface area contributed by atoms with Crippen molar-refractivity contribution >= 4 is 17.3 Å². The van der Waals surface area contributed by atoms with E-state index in [0.717, 1.165) is 11.4 Å². The van der Waals surface area contributed by atoms with Crippen molar-refractivity contribution in [3.63, 3.8) is 0 Å². The van der Waals surface area contributed by atoms with E-state index in [9.17, 15) is 14.0 Å². The minimum Gasteiger partial charge on any atom is -0.494 e. The molecule has 0 aliphatic rings. The van der Waals surface area contributed by atoms with Gasteiger partial charge in [-0.2, -0.15) is 0 Å². The Morgan fingerprint density at radius 2 is 1.78 bits per heavy atom. The molecule has 0 radical (unpaired) electrons. The molecule has 0 aliphatic carbocycles. The molecule has 0 bridgehead atoms. The van der Waals surface area contributed by atoms with E-state index in [0.29, 0.717) is 17.0 Å². The third-order valence-electron chi connectivity index (χ3n) is 5.22. The lowest BCUT2D eigenvalue weighted by Crippen LogP contribution is -2.24. The number of halogens is 1. The Balaban J connectivity index is 0.00000176. The first kappa shape index (κ1) is 26.2. The second kappa shape index (κ2) is 11.8. The summed E-state index contributed by atoms with van der Waals surface area (Å²) in [7, 11) is 2.83. The molecule has 4 rings (SSSR count). The van der Waals surface area contributed by atoms with Gasteiger partial charge < -0.3 is 23.9 Å². The lowest BCUT2D eigenvalue weighted by molar-refractivity contribution is 0.0599. The highest BCUT2D eigenvalue weighted by Crippen LogP contribution is 2.28. The number of nitrogens with one attached hydrogen (secondary N) is 1. The summed E-state index contributed by atoms with van der Waals surface area (Å²) >= 11 is 0. The van der Waals surface area contributed by atoms with Crippen LogP contribution < -0.4 is 15.6 Å². The lowest BCUT2D eigenvalue weighted by atomic mass is 10.2. The predicted molar refractivity (Wildman–Crippen MR) is 137 cm³/mol. The number of carbonyl (C=O) groups excluding carboxylic acids is 1. The van der Waals surface area contributed by atoms with Gasteiger partial charge in [0.2, 0.25) is 0 Å². The molecule has 36 heavy (non-hydrogen) atoms. The number of carbonyl (C=O) groups is 1. The number of hydrogen-bond acceptors (Lipinski definition) is 6. The third-order valence-corrected chi connectivity index (χ3v) is 5.22. The minimum atomic E-state index is -0.584. The monoisotopic (exact) mass is 492 g/mol. The summed E-state index contributed by atoms with van der Waals surface area (Å²) in [5.41, 5.74) is 2.96. The normalized spacial score (nSPS) is 10.3. The van der Waals surface area contributed by atoms with Crippen molar-refractivity contribution in [2.45, 2.75) is 27.3 Å². The number of esters is 1. The first-order chi connectivity index (χ1) is 17.4. The smallest absolute Gasteiger partial charge is 0.339 e. The Hall–Kier alpha value is -4.40. The zero-order chi connectivity index (χ0) is 26.2. The molecule has 2 heterocycles. The number of hydrogen-bond donors (Lipinski definition) is 1. The SMILES string of the molecule is CC.COC(=O)c1cc(Nc2ccc(-n3cnc(C)c3)c(OC)c2)c(=O)n(Cc2ccc(F)cc2)c1. The van der Waals surface area contributed by atoms with Gasteiger partial charge in [0.15, 0.2) is 0 Å². The van der Waals surface area contributed by atoms with Crippen molar-refractivity contribution in [3.05, 3.63) is 100 Å². The molecular formula is C27H29FN4O4. The van der Waals surface area contributed by atoms with Crippen LogP contribution in [0.15, 0.2) is 72.0 Å². The number of ether oxygens (including phenoxy) is 2. The van der Waals surface area contributed by atoms with Crippen molar-refractivity contribution in [3.8, 4) is 11.4 Å². The molecule has 0 unspecified atom stereocenters. The molecule has 0 aliphatic heterocycles. The van der Waals surface area contributed by atoms with Crippen molar-refractivity contribution in [1.29, 1.82) is 0 Å². The number of imidazole rings is 1. The Bertz CT molecular complexity index is 1390. The number of rotatable bonds is 7. The van der Waals surface area contributed by atoms with E-state index in [1.54, 1.807) is 37.7 Å². The number of anilines is 2. The van der Waals surface area contributed by atoms with Gasteiger partial charge in [-0.15, -0.1) is 0 Å². The third kappa shape index (κ3) is 5.99. The quantitative estimate of drug-likeness (QED) is 0.362. The Morgan fingerprint density at radius 1 is 1.06 bits per heavy atom. The molecule has 0 spiro atoms. The molecule has 1 N–H and O–H groups in total. The van der Waals surface area contributed by atoms with E-state index < -0.39 is 5.97 Å². The van der Waals surface area contributed by atoms with Crippen molar-refractivity contribution in [2.75, 3.05) is 19.5 Å². The van der Waals surface area contributed by atoms with Crippen LogP contribution in [0.25, 0.3) is 5.69 Å². The zero-order valence-corrected chi connectivity index (χ0v) is 20.9. The molecule has 2 aromatic carbocycles. The Labute approximate surface area is 208 Å². The maximum absolute atomic E-state index is 13.3. The van der Waals surface area contributed by atoms with E-state index >= 15 is 0 Å². The summed E-state index contributed by atoms with van der Waals surface area (Å²) in [5.74, 6) is -0.387. The molecule has 0 amide bonds. The van der Waals surface area contributed by atoms with Crippen molar-refractivity contribution in [1.82, 2.24) is 14.1 Å². The minimum absolute atomic E-state index is 0.154. The van der Waals surface area contributed by atoms with Gasteiger partial charge >= 0.3 is 5.97 Å². The number of benzene rings is 2. The van der Waals surface area contributed by atoms with Crippen LogP contribution >= 0.6 is 0 Å². The lowest BCUT2D eigenvalue weighted by Gasteiger charge is -2.15. The van der Waals surface area contributed by atoms with Crippen LogP contribution in [-0.2, 0) is 11.3 Å². The van der Waals surface area contributed by atoms with Gasteiger partial charge in [-0.3, -0.25) is 4.79 Å². The summed E-state index contributed by atoms with van der Waals surface area (Å²) in [6.45, 7) is 6.05. The fourth-order valence-electron chi connectivity index (χ4n) is 3.54. The summed E-state index contributed by atoms with van der Waals surface area (Å²) in [6, 6.07) is 12.6. The van der Waals surface area contributed by atoms with Gasteiger partial charge in [0, 0.05) is 24.1 Å². The van der Waals surface area contributed by atoms with Crippen LogP contribution in [0, 0.1) is 12.7 Å². The van der Waals surface area contributed by atoms with Crippen LogP contribution in [0.4, 0.5) is 15.8 Å². The van der Waals surface area contributed by atoms with Crippen LogP contribution in [0.2, 0.25) is 0 Å². The summed E-state index contributed by atoms with van der Waals surface area (Å²) in [5, 5.41) is 3.08. The summed E-state index contributed by atoms with van der Waals surface area (Å²) < 4.78 is 26.9. The van der Waals surface area contributed by atoms with E-state index in [1.165, 1.54) is 36.1 Å². The number of pyridine rings is 1. The summed E-state index contributed by atoms with van der Waals surface area (Å²) in [6.07, 6.45) is 4.99. The maximum atomic E-state index is 13.3. The molecule has 9 heteroatoms. The highest BCUT2D eigenvalue weighted by Gasteiger charge is 2.15. The second-order valence-electron chi connectivity index (χ2n) is 7.63. The van der Waals surface area contributed by atoms with Crippen LogP contribution in [0.1, 0.15) is 35.5 Å². The highest BCUT2D eigenvalue weighted by atomic mass is 19.1. The first-order valence-corrected chi connectivity index (χ1v) is 11.4. The van der Waals surface area contributed by atoms with E-state index in [-0.39, 0.29) is 29.2 Å². The number of methoxy groups -OCH3 is 2.